The quantitative estimate of drug-likeness (QED) is 0.846. The van der Waals surface area contributed by atoms with Gasteiger partial charge in [-0.1, -0.05) is 24.3 Å². The van der Waals surface area contributed by atoms with Crippen molar-refractivity contribution in [2.45, 2.75) is 25.8 Å². The van der Waals surface area contributed by atoms with Crippen molar-refractivity contribution in [1.82, 2.24) is 9.80 Å². The second-order valence-corrected chi connectivity index (χ2v) is 6.82. The summed E-state index contributed by atoms with van der Waals surface area (Å²) in [6, 6.07) is 11.8. The molecule has 1 aromatic heterocycles. The molecule has 130 valence electrons. The monoisotopic (exact) mass is 338 g/mol. The molecule has 0 saturated carbocycles. The van der Waals surface area contributed by atoms with Gasteiger partial charge in [-0.2, -0.15) is 0 Å². The first-order valence-corrected chi connectivity index (χ1v) is 8.91. The topological polar surface area (TPSA) is 53.8 Å². The van der Waals surface area contributed by atoms with Gasteiger partial charge in [0.25, 0.3) is 5.91 Å². The molecule has 2 amide bonds. The van der Waals surface area contributed by atoms with Crippen LogP contribution >= 0.6 is 0 Å². The number of nitrogens with zero attached hydrogens (tertiary/aromatic N) is 2. The van der Waals surface area contributed by atoms with Gasteiger partial charge in [0.05, 0.1) is 6.26 Å². The maximum atomic E-state index is 12.9. The van der Waals surface area contributed by atoms with Crippen LogP contribution in [0.2, 0.25) is 0 Å². The molecule has 2 aromatic rings. The minimum atomic E-state index is -0.0807. The van der Waals surface area contributed by atoms with E-state index < -0.39 is 0 Å². The van der Waals surface area contributed by atoms with Crippen molar-refractivity contribution < 1.29 is 14.0 Å². The molecular formula is C20H22N2O3. The van der Waals surface area contributed by atoms with Gasteiger partial charge in [0, 0.05) is 32.1 Å². The third kappa shape index (κ3) is 3.18. The number of amides is 2. The number of benzene rings is 1. The molecule has 0 aliphatic carbocycles. The van der Waals surface area contributed by atoms with Gasteiger partial charge >= 0.3 is 0 Å². The van der Waals surface area contributed by atoms with Gasteiger partial charge in [-0.3, -0.25) is 9.59 Å². The normalized spacial score (nSPS) is 18.1. The Morgan fingerprint density at radius 2 is 1.68 bits per heavy atom. The Hall–Kier alpha value is -2.56. The molecular weight excluding hydrogens is 316 g/mol. The van der Waals surface area contributed by atoms with E-state index in [0.29, 0.717) is 25.4 Å². The smallest absolute Gasteiger partial charge is 0.289 e. The number of hydrogen-bond acceptors (Lipinski definition) is 3. The molecule has 0 unspecified atom stereocenters. The molecule has 0 atom stereocenters. The first-order valence-electron chi connectivity index (χ1n) is 8.91. The minimum Gasteiger partial charge on any atom is -0.459 e. The molecule has 25 heavy (non-hydrogen) atoms. The molecule has 1 fully saturated rings. The van der Waals surface area contributed by atoms with Gasteiger partial charge in [0.1, 0.15) is 0 Å². The average molecular weight is 338 g/mol. The van der Waals surface area contributed by atoms with Gasteiger partial charge in [0.15, 0.2) is 5.76 Å². The van der Waals surface area contributed by atoms with Gasteiger partial charge in [0.2, 0.25) is 5.91 Å². The third-order valence-corrected chi connectivity index (χ3v) is 5.31. The Labute approximate surface area is 147 Å². The summed E-state index contributed by atoms with van der Waals surface area (Å²) in [4.78, 5) is 29.0. The zero-order valence-corrected chi connectivity index (χ0v) is 14.2. The highest BCUT2D eigenvalue weighted by Crippen LogP contribution is 2.25. The Kier molecular flexibility index (Phi) is 4.30. The third-order valence-electron chi connectivity index (χ3n) is 5.31. The molecule has 4 rings (SSSR count). The van der Waals surface area contributed by atoms with Gasteiger partial charge in [-0.15, -0.1) is 0 Å². The van der Waals surface area contributed by atoms with E-state index >= 15 is 0 Å². The number of piperidine rings is 1. The Morgan fingerprint density at radius 1 is 0.920 bits per heavy atom. The summed E-state index contributed by atoms with van der Waals surface area (Å²) in [6.45, 7) is 2.72. The van der Waals surface area contributed by atoms with Gasteiger partial charge in [-0.25, -0.2) is 0 Å². The Bertz CT molecular complexity index is 761. The largest absolute Gasteiger partial charge is 0.459 e. The summed E-state index contributed by atoms with van der Waals surface area (Å²) in [6.07, 6.45) is 3.89. The van der Waals surface area contributed by atoms with E-state index in [1.165, 1.54) is 17.4 Å². The lowest BCUT2D eigenvalue weighted by atomic mass is 9.93. The van der Waals surface area contributed by atoms with E-state index in [2.05, 4.69) is 18.2 Å². The standard InChI is InChI=1S/C20H22N2O3/c23-19(22-12-7-15-4-1-2-5-17(15)14-22)16-8-10-21(11-9-16)20(24)18-6-3-13-25-18/h1-6,13,16H,7-12,14H2. The summed E-state index contributed by atoms with van der Waals surface area (Å²) in [7, 11) is 0. The van der Waals surface area contributed by atoms with Crippen LogP contribution in [0.15, 0.2) is 47.1 Å². The van der Waals surface area contributed by atoms with E-state index in [-0.39, 0.29) is 17.7 Å². The summed E-state index contributed by atoms with van der Waals surface area (Å²) < 4.78 is 5.18. The Balaban J connectivity index is 1.35. The van der Waals surface area contributed by atoms with E-state index in [1.807, 2.05) is 11.0 Å². The fourth-order valence-electron chi connectivity index (χ4n) is 3.83. The van der Waals surface area contributed by atoms with Gasteiger partial charge in [-0.05, 0) is 42.5 Å². The lowest BCUT2D eigenvalue weighted by Gasteiger charge is -2.36. The summed E-state index contributed by atoms with van der Waals surface area (Å²) in [5, 5.41) is 0. The average Bonchev–Trinajstić information content (AvgIpc) is 3.21. The zero-order chi connectivity index (χ0) is 17.2. The molecule has 2 aliphatic rings. The molecule has 5 heteroatoms. The molecule has 1 aromatic carbocycles. The van der Waals surface area contributed by atoms with E-state index in [0.717, 1.165) is 25.8 Å². The first-order chi connectivity index (χ1) is 12.2. The van der Waals surface area contributed by atoms with Crippen LogP contribution in [-0.2, 0) is 17.8 Å². The highest BCUT2D eigenvalue weighted by molar-refractivity contribution is 5.91. The molecule has 2 aliphatic heterocycles. The second kappa shape index (κ2) is 6.75. The molecule has 1 saturated heterocycles. The van der Waals surface area contributed by atoms with Crippen molar-refractivity contribution in [2.75, 3.05) is 19.6 Å². The predicted molar refractivity (Wildman–Crippen MR) is 92.9 cm³/mol. The molecule has 0 spiro atoms. The van der Waals surface area contributed by atoms with Crippen LogP contribution in [0.1, 0.15) is 34.5 Å². The SMILES string of the molecule is O=C(c1ccco1)N1CCC(C(=O)N2CCc3ccccc3C2)CC1. The number of furan rings is 1. The summed E-state index contributed by atoms with van der Waals surface area (Å²) in [5.41, 5.74) is 2.61. The highest BCUT2D eigenvalue weighted by Gasteiger charge is 2.32. The lowest BCUT2D eigenvalue weighted by molar-refractivity contribution is -0.137. The molecule has 0 bridgehead atoms. The number of hydrogen-bond donors (Lipinski definition) is 0. The van der Waals surface area contributed by atoms with Crippen molar-refractivity contribution in [1.29, 1.82) is 0 Å². The van der Waals surface area contributed by atoms with Crippen molar-refractivity contribution in [3.05, 3.63) is 59.5 Å². The molecule has 0 N–H and O–H groups in total. The molecule has 3 heterocycles. The number of fused-ring (bicyclic) bond motifs is 1. The molecule has 5 nitrogen and oxygen atoms in total. The maximum absolute atomic E-state index is 12.9. The number of likely N-dealkylation sites (tertiary alicyclic amines) is 1. The van der Waals surface area contributed by atoms with Gasteiger partial charge < -0.3 is 14.2 Å². The predicted octanol–water partition coefficient (Wildman–Crippen LogP) is 2.72. The van der Waals surface area contributed by atoms with Crippen LogP contribution in [0.3, 0.4) is 0 Å². The minimum absolute atomic E-state index is 0.0194. The maximum Gasteiger partial charge on any atom is 0.289 e. The summed E-state index contributed by atoms with van der Waals surface area (Å²) in [5.74, 6) is 0.547. The van der Waals surface area contributed by atoms with Crippen molar-refractivity contribution in [3.63, 3.8) is 0 Å². The van der Waals surface area contributed by atoms with Crippen LogP contribution in [0.5, 0.6) is 0 Å². The van der Waals surface area contributed by atoms with Crippen LogP contribution in [0, 0.1) is 5.92 Å². The fraction of sp³-hybridized carbons (Fsp3) is 0.400. The second-order valence-electron chi connectivity index (χ2n) is 6.82. The van der Waals surface area contributed by atoms with Crippen LogP contribution < -0.4 is 0 Å². The van der Waals surface area contributed by atoms with E-state index in [9.17, 15) is 9.59 Å². The molecule has 0 radical (unpaired) electrons. The van der Waals surface area contributed by atoms with Crippen molar-refractivity contribution in [2.24, 2.45) is 5.92 Å². The van der Waals surface area contributed by atoms with Crippen LogP contribution in [0.4, 0.5) is 0 Å². The van der Waals surface area contributed by atoms with E-state index in [4.69, 9.17) is 4.42 Å². The van der Waals surface area contributed by atoms with Crippen LogP contribution in [0.25, 0.3) is 0 Å². The Morgan fingerprint density at radius 3 is 2.40 bits per heavy atom. The zero-order valence-electron chi connectivity index (χ0n) is 14.2. The highest BCUT2D eigenvalue weighted by atomic mass is 16.3. The number of carbonyl (C=O) groups is 2. The number of carbonyl (C=O) groups excluding carboxylic acids is 2. The first kappa shape index (κ1) is 15.9. The van der Waals surface area contributed by atoms with Crippen molar-refractivity contribution in [3.8, 4) is 0 Å². The van der Waals surface area contributed by atoms with Crippen LogP contribution in [-0.4, -0.2) is 41.2 Å². The fourth-order valence-corrected chi connectivity index (χ4v) is 3.83. The number of rotatable bonds is 2. The lowest BCUT2D eigenvalue weighted by Crippen LogP contribution is -2.45. The summed E-state index contributed by atoms with van der Waals surface area (Å²) >= 11 is 0. The van der Waals surface area contributed by atoms with Crippen molar-refractivity contribution >= 4 is 11.8 Å². The van der Waals surface area contributed by atoms with E-state index in [1.54, 1.807) is 17.0 Å².